The fourth-order valence-corrected chi connectivity index (χ4v) is 3.68. The van der Waals surface area contributed by atoms with Gasteiger partial charge in [0.1, 0.15) is 6.61 Å². The summed E-state index contributed by atoms with van der Waals surface area (Å²) in [5, 5.41) is 4.32. The van der Waals surface area contributed by atoms with Crippen molar-refractivity contribution in [3.8, 4) is 5.75 Å². The molecule has 3 rings (SSSR count). The predicted octanol–water partition coefficient (Wildman–Crippen LogP) is 4.04. The molecule has 3 aromatic rings. The van der Waals surface area contributed by atoms with E-state index in [1.54, 1.807) is 16.8 Å². The van der Waals surface area contributed by atoms with Crippen LogP contribution in [0.5, 0.6) is 5.75 Å². The molecule has 2 aromatic carbocycles. The average molecular weight is 403 g/mol. The number of hydrogen-bond acceptors (Lipinski definition) is 4. The van der Waals surface area contributed by atoms with Gasteiger partial charge >= 0.3 is 0 Å². The molecule has 0 saturated heterocycles. The lowest BCUT2D eigenvalue weighted by Crippen LogP contribution is -2.13. The lowest BCUT2D eigenvalue weighted by Gasteiger charge is -2.11. The summed E-state index contributed by atoms with van der Waals surface area (Å²) in [5.41, 5.74) is 2.77. The molecular weight excluding hydrogens is 381 g/mol. The molecule has 0 bridgehead atoms. The number of halogens is 1. The molecule has 0 aliphatic rings. The molecule has 1 N–H and O–H groups in total. The topological polar surface area (TPSA) is 73.2 Å². The molecule has 0 amide bonds. The first kappa shape index (κ1) is 19.9. The number of aryl methyl sites for hydroxylation is 3. The van der Waals surface area contributed by atoms with Crippen LogP contribution in [-0.2, 0) is 23.2 Å². The van der Waals surface area contributed by atoms with Crippen LogP contribution < -0.4 is 9.46 Å². The van der Waals surface area contributed by atoms with Gasteiger partial charge in [0.25, 0.3) is 10.0 Å². The maximum atomic E-state index is 14.4. The van der Waals surface area contributed by atoms with Crippen molar-refractivity contribution in [3.63, 3.8) is 0 Å². The van der Waals surface area contributed by atoms with E-state index in [4.69, 9.17) is 4.74 Å². The van der Waals surface area contributed by atoms with E-state index in [1.165, 1.54) is 24.3 Å². The van der Waals surface area contributed by atoms with Crippen LogP contribution in [0.1, 0.15) is 23.7 Å². The molecule has 6 nitrogen and oxygen atoms in total. The zero-order valence-corrected chi connectivity index (χ0v) is 16.8. The van der Waals surface area contributed by atoms with E-state index >= 15 is 0 Å². The highest BCUT2D eigenvalue weighted by molar-refractivity contribution is 7.92. The van der Waals surface area contributed by atoms with Crippen molar-refractivity contribution in [1.82, 2.24) is 9.78 Å². The highest BCUT2D eigenvalue weighted by Gasteiger charge is 2.15. The lowest BCUT2D eigenvalue weighted by atomic mass is 10.2. The molecule has 28 heavy (non-hydrogen) atoms. The van der Waals surface area contributed by atoms with Crippen LogP contribution >= 0.6 is 0 Å². The van der Waals surface area contributed by atoms with Crippen LogP contribution in [-0.4, -0.2) is 18.2 Å². The molecule has 0 radical (unpaired) electrons. The minimum absolute atomic E-state index is 0.0435. The van der Waals surface area contributed by atoms with Gasteiger partial charge in [0.2, 0.25) is 0 Å². The van der Waals surface area contributed by atoms with Crippen LogP contribution in [0.25, 0.3) is 0 Å². The van der Waals surface area contributed by atoms with Gasteiger partial charge in [-0.15, -0.1) is 0 Å². The Morgan fingerprint density at radius 1 is 1.14 bits per heavy atom. The highest BCUT2D eigenvalue weighted by atomic mass is 32.2. The van der Waals surface area contributed by atoms with Gasteiger partial charge in [-0.25, -0.2) is 12.8 Å². The zero-order chi connectivity index (χ0) is 20.3. The number of hydrogen-bond donors (Lipinski definition) is 1. The normalized spacial score (nSPS) is 11.4. The Balaban J connectivity index is 1.71. The minimum Gasteiger partial charge on any atom is -0.486 e. The molecule has 0 spiro atoms. The van der Waals surface area contributed by atoms with Gasteiger partial charge in [-0.05, 0) is 45.0 Å². The number of benzene rings is 2. The summed E-state index contributed by atoms with van der Waals surface area (Å²) in [6.45, 7) is 6.63. The minimum atomic E-state index is -3.79. The number of ether oxygens (including phenoxy) is 1. The Morgan fingerprint density at radius 2 is 1.86 bits per heavy atom. The fraction of sp³-hybridized carbons (Fsp3) is 0.250. The first-order chi connectivity index (χ1) is 13.3. The molecule has 1 heterocycles. The Kier molecular flexibility index (Phi) is 5.69. The van der Waals surface area contributed by atoms with Gasteiger partial charge in [0, 0.05) is 24.4 Å². The summed E-state index contributed by atoms with van der Waals surface area (Å²) in [7, 11) is -3.79. The van der Waals surface area contributed by atoms with E-state index in [-0.39, 0.29) is 22.9 Å². The number of aromatic nitrogens is 2. The SMILES string of the molecule is CCn1cc(COc2ccc(NS(=O)(=O)c3ccc(C)cc3)cc2F)c(C)n1. The van der Waals surface area contributed by atoms with Gasteiger partial charge in [0.15, 0.2) is 11.6 Å². The standard InChI is InChI=1S/C20H22FN3O3S/c1-4-24-12-16(15(3)22-24)13-27-20-10-7-17(11-19(20)21)23-28(25,26)18-8-5-14(2)6-9-18/h5-12,23H,4,13H2,1-3H3. The summed E-state index contributed by atoms with van der Waals surface area (Å²) < 4.78 is 48.9. The van der Waals surface area contributed by atoms with Crippen LogP contribution in [0.2, 0.25) is 0 Å². The van der Waals surface area contributed by atoms with E-state index in [0.717, 1.165) is 29.4 Å². The molecular formula is C20H22FN3O3S. The van der Waals surface area contributed by atoms with Gasteiger partial charge in [-0.3, -0.25) is 9.40 Å². The Morgan fingerprint density at radius 3 is 2.46 bits per heavy atom. The van der Waals surface area contributed by atoms with Crippen molar-refractivity contribution in [2.24, 2.45) is 0 Å². The number of nitrogens with zero attached hydrogens (tertiary/aromatic N) is 2. The summed E-state index contributed by atoms with van der Waals surface area (Å²) in [4.78, 5) is 0.113. The maximum absolute atomic E-state index is 14.4. The first-order valence-corrected chi connectivity index (χ1v) is 10.3. The second kappa shape index (κ2) is 8.02. The van der Waals surface area contributed by atoms with Crippen molar-refractivity contribution >= 4 is 15.7 Å². The number of sulfonamides is 1. The summed E-state index contributed by atoms with van der Waals surface area (Å²) in [5.74, 6) is -0.605. The largest absolute Gasteiger partial charge is 0.486 e. The van der Waals surface area contributed by atoms with E-state index < -0.39 is 15.8 Å². The van der Waals surface area contributed by atoms with Gasteiger partial charge in [0.05, 0.1) is 16.3 Å². The van der Waals surface area contributed by atoms with Gasteiger partial charge < -0.3 is 4.74 Å². The average Bonchev–Trinajstić information content (AvgIpc) is 3.01. The van der Waals surface area contributed by atoms with Crippen molar-refractivity contribution in [1.29, 1.82) is 0 Å². The molecule has 0 unspecified atom stereocenters. The molecule has 1 aromatic heterocycles. The fourth-order valence-electron chi connectivity index (χ4n) is 2.63. The van der Waals surface area contributed by atoms with Crippen LogP contribution in [0, 0.1) is 19.7 Å². The number of nitrogens with one attached hydrogen (secondary N) is 1. The van der Waals surface area contributed by atoms with Crippen molar-refractivity contribution in [3.05, 3.63) is 71.3 Å². The molecule has 148 valence electrons. The second-order valence-electron chi connectivity index (χ2n) is 6.45. The van der Waals surface area contributed by atoms with E-state index in [1.807, 2.05) is 27.0 Å². The lowest BCUT2D eigenvalue weighted by molar-refractivity contribution is 0.289. The zero-order valence-electron chi connectivity index (χ0n) is 15.9. The highest BCUT2D eigenvalue weighted by Crippen LogP contribution is 2.24. The smallest absolute Gasteiger partial charge is 0.261 e. The van der Waals surface area contributed by atoms with Crippen LogP contribution in [0.4, 0.5) is 10.1 Å². The number of anilines is 1. The molecule has 8 heteroatoms. The van der Waals surface area contributed by atoms with Crippen LogP contribution in [0.15, 0.2) is 53.6 Å². The molecule has 0 fully saturated rings. The molecule has 0 atom stereocenters. The summed E-state index contributed by atoms with van der Waals surface area (Å²) >= 11 is 0. The first-order valence-electron chi connectivity index (χ1n) is 8.83. The van der Waals surface area contributed by atoms with E-state index in [0.29, 0.717) is 0 Å². The third kappa shape index (κ3) is 4.51. The maximum Gasteiger partial charge on any atom is 0.261 e. The predicted molar refractivity (Wildman–Crippen MR) is 105 cm³/mol. The Bertz CT molecular complexity index is 1080. The van der Waals surface area contributed by atoms with Gasteiger partial charge in [-0.2, -0.15) is 5.10 Å². The molecule has 0 aliphatic carbocycles. The van der Waals surface area contributed by atoms with E-state index in [9.17, 15) is 12.8 Å². The van der Waals surface area contributed by atoms with Crippen molar-refractivity contribution < 1.29 is 17.5 Å². The summed E-state index contributed by atoms with van der Waals surface area (Å²) in [6, 6.07) is 10.4. The number of rotatable bonds is 7. The van der Waals surface area contributed by atoms with Crippen molar-refractivity contribution in [2.45, 2.75) is 38.8 Å². The third-order valence-corrected chi connectivity index (χ3v) is 5.67. The van der Waals surface area contributed by atoms with Crippen molar-refractivity contribution in [2.75, 3.05) is 4.72 Å². The molecule has 0 saturated carbocycles. The monoisotopic (exact) mass is 403 g/mol. The second-order valence-corrected chi connectivity index (χ2v) is 8.13. The Labute approximate surface area is 164 Å². The molecule has 0 aliphatic heterocycles. The Hall–Kier alpha value is -2.87. The summed E-state index contributed by atoms with van der Waals surface area (Å²) in [6.07, 6.45) is 1.86. The quantitative estimate of drug-likeness (QED) is 0.646. The van der Waals surface area contributed by atoms with E-state index in [2.05, 4.69) is 9.82 Å². The van der Waals surface area contributed by atoms with Crippen LogP contribution in [0.3, 0.4) is 0 Å². The van der Waals surface area contributed by atoms with Gasteiger partial charge in [-0.1, -0.05) is 17.7 Å². The third-order valence-electron chi connectivity index (χ3n) is 4.27.